The molecule has 3 amide bonds. The van der Waals surface area contributed by atoms with E-state index in [1.807, 2.05) is 42.2 Å². The normalized spacial score (nSPS) is 16.1. The van der Waals surface area contributed by atoms with E-state index in [9.17, 15) is 9.59 Å². The first-order valence-electron chi connectivity index (χ1n) is 9.10. The zero-order valence-electron chi connectivity index (χ0n) is 15.8. The molecule has 0 aromatic heterocycles. The van der Waals surface area contributed by atoms with Gasteiger partial charge in [0.25, 0.3) is 0 Å². The van der Waals surface area contributed by atoms with Gasteiger partial charge in [-0.1, -0.05) is 18.2 Å². The van der Waals surface area contributed by atoms with Crippen LogP contribution in [0.15, 0.2) is 36.4 Å². The van der Waals surface area contributed by atoms with Crippen LogP contribution >= 0.6 is 0 Å². The number of hydrogen-bond donors (Lipinski definition) is 2. The van der Waals surface area contributed by atoms with Gasteiger partial charge in [-0.15, -0.1) is 0 Å². The summed E-state index contributed by atoms with van der Waals surface area (Å²) in [4.78, 5) is 27.3. The molecule has 27 heavy (non-hydrogen) atoms. The lowest BCUT2D eigenvalue weighted by Gasteiger charge is -2.34. The SMILES string of the molecule is COc1ccc2cc(C(C)NC(=O)N3CCN(CC(N)=O)CC3)ccc2c1. The van der Waals surface area contributed by atoms with Gasteiger partial charge < -0.3 is 20.7 Å². The van der Waals surface area contributed by atoms with Crippen LogP contribution in [0.4, 0.5) is 4.79 Å². The highest BCUT2D eigenvalue weighted by atomic mass is 16.5. The molecule has 1 aliphatic rings. The number of benzene rings is 2. The lowest BCUT2D eigenvalue weighted by atomic mass is 10.0. The van der Waals surface area contributed by atoms with Crippen molar-refractivity contribution in [1.82, 2.24) is 15.1 Å². The smallest absolute Gasteiger partial charge is 0.317 e. The number of urea groups is 1. The molecule has 7 nitrogen and oxygen atoms in total. The second-order valence-electron chi connectivity index (χ2n) is 6.87. The average Bonchev–Trinajstić information content (AvgIpc) is 2.67. The van der Waals surface area contributed by atoms with Crippen LogP contribution in [0.25, 0.3) is 10.8 Å². The van der Waals surface area contributed by atoms with Crippen LogP contribution in [0.1, 0.15) is 18.5 Å². The van der Waals surface area contributed by atoms with Crippen LogP contribution in [0.2, 0.25) is 0 Å². The Kier molecular flexibility index (Phi) is 5.81. The summed E-state index contributed by atoms with van der Waals surface area (Å²) in [7, 11) is 1.65. The van der Waals surface area contributed by atoms with Crippen molar-refractivity contribution < 1.29 is 14.3 Å². The van der Waals surface area contributed by atoms with Crippen LogP contribution < -0.4 is 15.8 Å². The number of carbonyl (C=O) groups is 2. The zero-order chi connectivity index (χ0) is 19.4. The second-order valence-corrected chi connectivity index (χ2v) is 6.87. The number of amides is 3. The molecule has 1 fully saturated rings. The van der Waals surface area contributed by atoms with Crippen molar-refractivity contribution in [2.24, 2.45) is 5.73 Å². The number of carbonyl (C=O) groups excluding carboxylic acids is 2. The number of nitrogens with two attached hydrogens (primary N) is 1. The van der Waals surface area contributed by atoms with E-state index in [2.05, 4.69) is 11.4 Å². The maximum atomic E-state index is 12.5. The fraction of sp³-hybridized carbons (Fsp3) is 0.400. The number of fused-ring (bicyclic) bond motifs is 1. The van der Waals surface area contributed by atoms with E-state index in [4.69, 9.17) is 10.5 Å². The molecule has 3 rings (SSSR count). The Morgan fingerprint density at radius 1 is 1.11 bits per heavy atom. The van der Waals surface area contributed by atoms with Crippen molar-refractivity contribution in [3.8, 4) is 5.75 Å². The molecule has 2 aromatic carbocycles. The molecule has 0 radical (unpaired) electrons. The lowest BCUT2D eigenvalue weighted by Crippen LogP contribution is -2.53. The summed E-state index contributed by atoms with van der Waals surface area (Å²) in [5, 5.41) is 5.27. The van der Waals surface area contributed by atoms with Crippen LogP contribution in [0.3, 0.4) is 0 Å². The Hall–Kier alpha value is -2.80. The molecule has 7 heteroatoms. The molecule has 1 heterocycles. The summed E-state index contributed by atoms with van der Waals surface area (Å²) < 4.78 is 5.26. The van der Waals surface area contributed by atoms with Gasteiger partial charge in [-0.25, -0.2) is 4.79 Å². The number of methoxy groups -OCH3 is 1. The second kappa shape index (κ2) is 8.26. The van der Waals surface area contributed by atoms with E-state index in [1.54, 1.807) is 12.0 Å². The summed E-state index contributed by atoms with van der Waals surface area (Å²) in [6.07, 6.45) is 0. The summed E-state index contributed by atoms with van der Waals surface area (Å²) in [5.41, 5.74) is 6.27. The molecule has 1 unspecified atom stereocenters. The van der Waals surface area contributed by atoms with Crippen LogP contribution in [-0.4, -0.2) is 61.6 Å². The number of hydrogen-bond acceptors (Lipinski definition) is 4. The van der Waals surface area contributed by atoms with E-state index in [1.165, 1.54) is 0 Å². The lowest BCUT2D eigenvalue weighted by molar-refractivity contribution is -0.119. The molecule has 0 bridgehead atoms. The summed E-state index contributed by atoms with van der Waals surface area (Å²) in [6, 6.07) is 11.9. The first-order chi connectivity index (χ1) is 13.0. The molecular formula is C20H26N4O3. The van der Waals surface area contributed by atoms with Gasteiger partial charge in [0.15, 0.2) is 0 Å². The van der Waals surface area contributed by atoms with Crippen molar-refractivity contribution in [1.29, 1.82) is 0 Å². The van der Waals surface area contributed by atoms with Gasteiger partial charge in [-0.2, -0.15) is 0 Å². The third-order valence-corrected chi connectivity index (χ3v) is 4.95. The Morgan fingerprint density at radius 3 is 2.44 bits per heavy atom. The molecule has 0 spiro atoms. The van der Waals surface area contributed by atoms with Crippen molar-refractivity contribution in [3.63, 3.8) is 0 Å². The molecular weight excluding hydrogens is 344 g/mol. The molecule has 1 aliphatic heterocycles. The van der Waals surface area contributed by atoms with E-state index in [-0.39, 0.29) is 24.5 Å². The first kappa shape index (κ1) is 19.0. The van der Waals surface area contributed by atoms with E-state index < -0.39 is 0 Å². The molecule has 0 aliphatic carbocycles. The molecule has 1 saturated heterocycles. The standard InChI is InChI=1S/C20H26N4O3/c1-14(15-3-4-17-12-18(27-2)6-5-16(17)11-15)22-20(26)24-9-7-23(8-10-24)13-19(21)25/h3-6,11-12,14H,7-10,13H2,1-2H3,(H2,21,25)(H,22,26). The number of nitrogens with zero attached hydrogens (tertiary/aromatic N) is 2. The fourth-order valence-electron chi connectivity index (χ4n) is 3.33. The number of primary amides is 1. The largest absolute Gasteiger partial charge is 0.497 e. The Labute approximate surface area is 159 Å². The van der Waals surface area contributed by atoms with Crippen molar-refractivity contribution in [3.05, 3.63) is 42.0 Å². The van der Waals surface area contributed by atoms with E-state index >= 15 is 0 Å². The minimum atomic E-state index is -0.338. The fourth-order valence-corrected chi connectivity index (χ4v) is 3.33. The summed E-state index contributed by atoms with van der Waals surface area (Å²) in [6.45, 7) is 4.71. The maximum Gasteiger partial charge on any atom is 0.317 e. The zero-order valence-corrected chi connectivity index (χ0v) is 15.8. The van der Waals surface area contributed by atoms with Gasteiger partial charge in [0, 0.05) is 26.2 Å². The van der Waals surface area contributed by atoms with Crippen molar-refractivity contribution >= 4 is 22.7 Å². The quantitative estimate of drug-likeness (QED) is 0.839. The highest BCUT2D eigenvalue weighted by Gasteiger charge is 2.23. The van der Waals surface area contributed by atoms with Crippen LogP contribution in [0, 0.1) is 0 Å². The van der Waals surface area contributed by atoms with Crippen LogP contribution in [-0.2, 0) is 4.79 Å². The minimum Gasteiger partial charge on any atom is -0.497 e. The summed E-state index contributed by atoms with van der Waals surface area (Å²) >= 11 is 0. The number of ether oxygens (including phenoxy) is 1. The van der Waals surface area contributed by atoms with E-state index in [0.717, 1.165) is 22.1 Å². The van der Waals surface area contributed by atoms with Crippen LogP contribution in [0.5, 0.6) is 5.75 Å². The van der Waals surface area contributed by atoms with Crippen molar-refractivity contribution in [2.45, 2.75) is 13.0 Å². The van der Waals surface area contributed by atoms with Gasteiger partial charge in [-0.3, -0.25) is 9.69 Å². The Balaban J connectivity index is 1.60. The van der Waals surface area contributed by atoms with Gasteiger partial charge in [-0.05, 0) is 41.5 Å². The number of rotatable bonds is 5. The molecule has 1 atom stereocenters. The van der Waals surface area contributed by atoms with Gasteiger partial charge in [0.2, 0.25) is 5.91 Å². The van der Waals surface area contributed by atoms with Gasteiger partial charge in [0.05, 0.1) is 19.7 Å². The molecule has 2 aromatic rings. The third kappa shape index (κ3) is 4.68. The average molecular weight is 370 g/mol. The topological polar surface area (TPSA) is 87.9 Å². The van der Waals surface area contributed by atoms with Gasteiger partial charge >= 0.3 is 6.03 Å². The molecule has 0 saturated carbocycles. The minimum absolute atomic E-state index is 0.0870. The monoisotopic (exact) mass is 370 g/mol. The van der Waals surface area contributed by atoms with E-state index in [0.29, 0.717) is 26.2 Å². The number of piperazine rings is 1. The Morgan fingerprint density at radius 2 is 1.78 bits per heavy atom. The maximum absolute atomic E-state index is 12.5. The molecule has 3 N–H and O–H groups in total. The highest BCUT2D eigenvalue weighted by Crippen LogP contribution is 2.24. The molecule has 144 valence electrons. The highest BCUT2D eigenvalue weighted by molar-refractivity contribution is 5.85. The number of nitrogens with one attached hydrogen (secondary N) is 1. The van der Waals surface area contributed by atoms with Gasteiger partial charge in [0.1, 0.15) is 5.75 Å². The third-order valence-electron chi connectivity index (χ3n) is 4.95. The predicted octanol–water partition coefficient (Wildman–Crippen LogP) is 1.72. The van der Waals surface area contributed by atoms with Crippen molar-refractivity contribution in [2.75, 3.05) is 39.8 Å². The predicted molar refractivity (Wildman–Crippen MR) is 105 cm³/mol. The Bertz CT molecular complexity index is 831. The summed E-state index contributed by atoms with van der Waals surface area (Å²) in [5.74, 6) is 0.488. The first-order valence-corrected chi connectivity index (χ1v) is 9.10.